The lowest BCUT2D eigenvalue weighted by Gasteiger charge is -2.30. The quantitative estimate of drug-likeness (QED) is 0.835. The van der Waals surface area contributed by atoms with Crippen molar-refractivity contribution in [2.75, 3.05) is 62.4 Å². The maximum Gasteiger partial charge on any atom is 0.228 e. The largest absolute Gasteiger partial charge is 0.378 e. The highest BCUT2D eigenvalue weighted by molar-refractivity contribution is 7.17. The number of hydrogen-bond donors (Lipinski definition) is 0. The summed E-state index contributed by atoms with van der Waals surface area (Å²) in [5, 5.41) is 2.09. The van der Waals surface area contributed by atoms with E-state index in [1.165, 1.54) is 4.70 Å². The number of anilines is 2. The van der Waals surface area contributed by atoms with E-state index in [2.05, 4.69) is 21.2 Å². The normalized spacial score (nSPS) is 20.2. The minimum atomic E-state index is 0.748. The molecule has 0 radical (unpaired) electrons. The summed E-state index contributed by atoms with van der Waals surface area (Å²) in [5.74, 6) is 1.88. The molecule has 112 valence electrons. The van der Waals surface area contributed by atoms with E-state index in [9.17, 15) is 0 Å². The van der Waals surface area contributed by atoms with Crippen LogP contribution in [0.1, 0.15) is 0 Å². The topological polar surface area (TPSA) is 50.7 Å². The zero-order valence-corrected chi connectivity index (χ0v) is 12.6. The van der Waals surface area contributed by atoms with E-state index >= 15 is 0 Å². The van der Waals surface area contributed by atoms with Crippen LogP contribution in [0.25, 0.3) is 10.2 Å². The van der Waals surface area contributed by atoms with E-state index in [4.69, 9.17) is 19.4 Å². The van der Waals surface area contributed by atoms with Crippen LogP contribution in [0.3, 0.4) is 0 Å². The Hall–Kier alpha value is -1.44. The molecule has 2 aliphatic heterocycles. The fraction of sp³-hybridized carbons (Fsp3) is 0.571. The first kappa shape index (κ1) is 13.2. The second-order valence-electron chi connectivity index (χ2n) is 5.18. The van der Waals surface area contributed by atoms with E-state index in [-0.39, 0.29) is 0 Å². The lowest BCUT2D eigenvalue weighted by atomic mass is 10.3. The van der Waals surface area contributed by atoms with Crippen molar-refractivity contribution in [1.29, 1.82) is 0 Å². The predicted octanol–water partition coefficient (Wildman–Crippen LogP) is 1.36. The lowest BCUT2D eigenvalue weighted by molar-refractivity contribution is 0.121. The third-order valence-corrected chi connectivity index (χ3v) is 4.78. The van der Waals surface area contributed by atoms with Crippen molar-refractivity contribution in [2.24, 2.45) is 0 Å². The SMILES string of the molecule is c1cc2nc(N3CCOCC3)nc(N3CCOCC3)c2s1. The van der Waals surface area contributed by atoms with Crippen molar-refractivity contribution in [2.45, 2.75) is 0 Å². The molecule has 4 heterocycles. The van der Waals surface area contributed by atoms with Gasteiger partial charge in [-0.3, -0.25) is 0 Å². The van der Waals surface area contributed by atoms with Crippen molar-refractivity contribution in [3.63, 3.8) is 0 Å². The summed E-state index contributed by atoms with van der Waals surface area (Å²) in [6.07, 6.45) is 0. The van der Waals surface area contributed by atoms with Crippen molar-refractivity contribution in [3.8, 4) is 0 Å². The maximum absolute atomic E-state index is 5.45. The average molecular weight is 306 g/mol. The fourth-order valence-corrected chi connectivity index (χ4v) is 3.58. The van der Waals surface area contributed by atoms with E-state index in [0.29, 0.717) is 0 Å². The van der Waals surface area contributed by atoms with Gasteiger partial charge in [-0.1, -0.05) is 0 Å². The van der Waals surface area contributed by atoms with E-state index in [1.54, 1.807) is 11.3 Å². The van der Waals surface area contributed by atoms with Crippen LogP contribution >= 0.6 is 11.3 Å². The zero-order valence-electron chi connectivity index (χ0n) is 11.8. The minimum Gasteiger partial charge on any atom is -0.378 e. The van der Waals surface area contributed by atoms with Crippen molar-refractivity contribution < 1.29 is 9.47 Å². The first-order chi connectivity index (χ1) is 10.4. The summed E-state index contributed by atoms with van der Waals surface area (Å²) < 4.78 is 12.0. The molecule has 0 unspecified atom stereocenters. The van der Waals surface area contributed by atoms with Gasteiger partial charge in [-0.25, -0.2) is 4.98 Å². The molecule has 6 nitrogen and oxygen atoms in total. The molecule has 0 spiro atoms. The van der Waals surface area contributed by atoms with Crippen LogP contribution in [0.2, 0.25) is 0 Å². The molecule has 0 aromatic carbocycles. The monoisotopic (exact) mass is 306 g/mol. The van der Waals surface area contributed by atoms with Crippen LogP contribution in [-0.4, -0.2) is 62.6 Å². The van der Waals surface area contributed by atoms with Gasteiger partial charge in [-0.15, -0.1) is 11.3 Å². The van der Waals surface area contributed by atoms with Gasteiger partial charge in [0.05, 0.1) is 36.6 Å². The zero-order chi connectivity index (χ0) is 14.1. The number of morpholine rings is 2. The summed E-state index contributed by atoms with van der Waals surface area (Å²) in [7, 11) is 0. The first-order valence-electron chi connectivity index (χ1n) is 7.32. The summed E-state index contributed by atoms with van der Waals surface area (Å²) in [6, 6.07) is 2.08. The molecule has 0 saturated carbocycles. The molecule has 2 aromatic heterocycles. The molecule has 2 saturated heterocycles. The smallest absolute Gasteiger partial charge is 0.228 e. The van der Waals surface area contributed by atoms with Crippen LogP contribution in [0.15, 0.2) is 11.4 Å². The summed E-state index contributed by atoms with van der Waals surface area (Å²) >= 11 is 1.71. The molecule has 0 bridgehead atoms. The Kier molecular flexibility index (Phi) is 3.62. The molecule has 2 aromatic rings. The number of rotatable bonds is 2. The highest BCUT2D eigenvalue weighted by Gasteiger charge is 2.21. The predicted molar refractivity (Wildman–Crippen MR) is 83.5 cm³/mol. The van der Waals surface area contributed by atoms with Gasteiger partial charge in [0.1, 0.15) is 0 Å². The van der Waals surface area contributed by atoms with Crippen LogP contribution in [-0.2, 0) is 9.47 Å². The maximum atomic E-state index is 5.45. The van der Waals surface area contributed by atoms with Gasteiger partial charge >= 0.3 is 0 Å². The third kappa shape index (κ3) is 2.56. The fourth-order valence-electron chi connectivity index (χ4n) is 2.73. The lowest BCUT2D eigenvalue weighted by Crippen LogP contribution is -2.39. The van der Waals surface area contributed by atoms with Crippen molar-refractivity contribution in [3.05, 3.63) is 11.4 Å². The van der Waals surface area contributed by atoms with E-state index in [0.717, 1.165) is 69.9 Å². The number of thiophene rings is 1. The molecule has 4 rings (SSSR count). The Labute approximate surface area is 127 Å². The highest BCUT2D eigenvalue weighted by Crippen LogP contribution is 2.31. The van der Waals surface area contributed by atoms with Crippen LogP contribution in [0, 0.1) is 0 Å². The molecule has 0 aliphatic carbocycles. The Morgan fingerprint density at radius 1 is 0.905 bits per heavy atom. The second-order valence-corrected chi connectivity index (χ2v) is 6.10. The van der Waals surface area contributed by atoms with Gasteiger partial charge < -0.3 is 19.3 Å². The standard InChI is InChI=1S/C14H18N4O2S/c1-10-21-12-11(1)15-14(18-4-8-20-9-5-18)16-13(12)17-2-6-19-7-3-17/h1,10H,2-9H2. The number of nitrogens with zero attached hydrogens (tertiary/aromatic N) is 4. The molecule has 7 heteroatoms. The van der Waals surface area contributed by atoms with Gasteiger partial charge in [0.25, 0.3) is 0 Å². The van der Waals surface area contributed by atoms with E-state index in [1.807, 2.05) is 0 Å². The Morgan fingerprint density at radius 2 is 1.57 bits per heavy atom. The van der Waals surface area contributed by atoms with Gasteiger partial charge in [0.15, 0.2) is 5.82 Å². The Balaban J connectivity index is 1.74. The first-order valence-corrected chi connectivity index (χ1v) is 8.20. The summed E-state index contributed by atoms with van der Waals surface area (Å²) in [5.41, 5.74) is 1.04. The molecule has 2 aliphatic rings. The molecular formula is C14H18N4O2S. The van der Waals surface area contributed by atoms with Gasteiger partial charge in [-0.2, -0.15) is 4.98 Å². The van der Waals surface area contributed by atoms with Gasteiger partial charge in [-0.05, 0) is 11.4 Å². The highest BCUT2D eigenvalue weighted by atomic mass is 32.1. The average Bonchev–Trinajstić information content (AvgIpc) is 3.04. The number of hydrogen-bond acceptors (Lipinski definition) is 7. The molecular weight excluding hydrogens is 288 g/mol. The van der Waals surface area contributed by atoms with Crippen molar-refractivity contribution >= 4 is 33.3 Å². The summed E-state index contributed by atoms with van der Waals surface area (Å²) in [6.45, 7) is 6.54. The Bertz CT molecular complexity index is 620. The van der Waals surface area contributed by atoms with Gasteiger partial charge in [0, 0.05) is 26.2 Å². The van der Waals surface area contributed by atoms with Crippen LogP contribution in [0.5, 0.6) is 0 Å². The molecule has 2 fully saturated rings. The van der Waals surface area contributed by atoms with Crippen LogP contribution < -0.4 is 9.80 Å². The van der Waals surface area contributed by atoms with Crippen LogP contribution in [0.4, 0.5) is 11.8 Å². The number of aromatic nitrogens is 2. The van der Waals surface area contributed by atoms with Gasteiger partial charge in [0.2, 0.25) is 5.95 Å². The second kappa shape index (κ2) is 5.75. The number of ether oxygens (including phenoxy) is 2. The number of fused-ring (bicyclic) bond motifs is 1. The van der Waals surface area contributed by atoms with E-state index < -0.39 is 0 Å². The molecule has 21 heavy (non-hydrogen) atoms. The molecule has 0 atom stereocenters. The third-order valence-electron chi connectivity index (χ3n) is 3.88. The minimum absolute atomic E-state index is 0.748. The summed E-state index contributed by atoms with van der Waals surface area (Å²) in [4.78, 5) is 14.1. The molecule has 0 amide bonds. The Morgan fingerprint density at radius 3 is 2.29 bits per heavy atom. The van der Waals surface area contributed by atoms with Crippen molar-refractivity contribution in [1.82, 2.24) is 9.97 Å². The molecule has 0 N–H and O–H groups in total.